The topological polar surface area (TPSA) is 50.7 Å². The van der Waals surface area contributed by atoms with Crippen molar-refractivity contribution in [2.24, 2.45) is 0 Å². The average molecular weight is 345 g/mol. The molecule has 4 nitrogen and oxygen atoms in total. The molecular formula is C17H17ClN4S. The highest BCUT2D eigenvalue weighted by molar-refractivity contribution is 7.98. The number of hydrogen-bond donors (Lipinski definition) is 1. The Morgan fingerprint density at radius 2 is 1.78 bits per heavy atom. The maximum absolute atomic E-state index is 4.57. The van der Waals surface area contributed by atoms with Crippen molar-refractivity contribution in [1.29, 1.82) is 0 Å². The molecule has 3 rings (SSSR count). The second-order valence-corrected chi connectivity index (χ2v) is 5.44. The molecule has 1 N–H and O–H groups in total. The Hall–Kier alpha value is -2.11. The van der Waals surface area contributed by atoms with Crippen LogP contribution in [-0.4, -0.2) is 21.2 Å². The fraction of sp³-hybridized carbons (Fsp3) is 0.118. The Kier molecular flexibility index (Phi) is 6.38. The van der Waals surface area contributed by atoms with Gasteiger partial charge in [-0.05, 0) is 18.4 Å². The Morgan fingerprint density at radius 3 is 2.48 bits per heavy atom. The second-order valence-electron chi connectivity index (χ2n) is 4.67. The molecule has 0 aliphatic heterocycles. The molecule has 2 aromatic heterocycles. The molecular weight excluding hydrogens is 328 g/mol. The molecule has 118 valence electrons. The van der Waals surface area contributed by atoms with Crippen molar-refractivity contribution in [3.05, 3.63) is 66.5 Å². The van der Waals surface area contributed by atoms with Gasteiger partial charge in [0.15, 0.2) is 5.16 Å². The minimum atomic E-state index is 0. The molecule has 1 aromatic carbocycles. The lowest BCUT2D eigenvalue weighted by Crippen LogP contribution is -2.04. The Morgan fingerprint density at radius 1 is 1.00 bits per heavy atom. The van der Waals surface area contributed by atoms with Crippen LogP contribution in [-0.2, 0) is 6.54 Å². The van der Waals surface area contributed by atoms with E-state index in [-0.39, 0.29) is 12.4 Å². The van der Waals surface area contributed by atoms with Crippen LogP contribution in [0, 0.1) is 0 Å². The monoisotopic (exact) mass is 344 g/mol. The number of halogens is 1. The summed E-state index contributed by atoms with van der Waals surface area (Å²) >= 11 is 1.54. The molecule has 0 atom stereocenters. The predicted octanol–water partition coefficient (Wildman–Crippen LogP) is 4.29. The Bertz CT molecular complexity index is 738. The van der Waals surface area contributed by atoms with Crippen molar-refractivity contribution in [2.75, 3.05) is 11.6 Å². The van der Waals surface area contributed by atoms with Crippen LogP contribution in [0.3, 0.4) is 0 Å². The summed E-state index contributed by atoms with van der Waals surface area (Å²) in [6.45, 7) is 0.639. The summed E-state index contributed by atoms with van der Waals surface area (Å²) in [5.74, 6) is 0.809. The molecule has 3 aromatic rings. The largest absolute Gasteiger partial charge is 0.364 e. The Labute approximate surface area is 146 Å². The number of rotatable bonds is 5. The summed E-state index contributed by atoms with van der Waals surface area (Å²) in [7, 11) is 0. The van der Waals surface area contributed by atoms with E-state index in [1.54, 1.807) is 6.20 Å². The third-order valence-electron chi connectivity index (χ3n) is 3.13. The first-order chi connectivity index (χ1) is 10.8. The quantitative estimate of drug-likeness (QED) is 0.552. The number of benzene rings is 1. The first kappa shape index (κ1) is 17.2. The van der Waals surface area contributed by atoms with E-state index in [4.69, 9.17) is 0 Å². The number of pyridine rings is 1. The van der Waals surface area contributed by atoms with Crippen molar-refractivity contribution >= 4 is 30.0 Å². The van der Waals surface area contributed by atoms with E-state index in [2.05, 4.69) is 32.4 Å². The molecule has 2 heterocycles. The fourth-order valence-corrected chi connectivity index (χ4v) is 2.43. The standard InChI is InChI=1S/C17H16N4S.ClH/c1-22-17-20-15(13-7-3-2-4-8-13)11-16(21-17)19-12-14-9-5-6-10-18-14;/h2-11H,12H2,1H3,(H,19,20,21);1H. The third-order valence-corrected chi connectivity index (χ3v) is 3.68. The lowest BCUT2D eigenvalue weighted by molar-refractivity contribution is 0.950. The maximum atomic E-state index is 4.57. The first-order valence-corrected chi connectivity index (χ1v) is 8.20. The van der Waals surface area contributed by atoms with Gasteiger partial charge in [0.2, 0.25) is 0 Å². The normalized spacial score (nSPS) is 9.96. The van der Waals surface area contributed by atoms with Crippen molar-refractivity contribution < 1.29 is 0 Å². The van der Waals surface area contributed by atoms with E-state index in [0.29, 0.717) is 6.54 Å². The zero-order chi connectivity index (χ0) is 15.2. The summed E-state index contributed by atoms with van der Waals surface area (Å²) in [5.41, 5.74) is 2.98. The van der Waals surface area contributed by atoms with Gasteiger partial charge < -0.3 is 5.32 Å². The minimum Gasteiger partial charge on any atom is -0.364 e. The molecule has 0 fully saturated rings. The van der Waals surface area contributed by atoms with Gasteiger partial charge in [0.05, 0.1) is 17.9 Å². The maximum Gasteiger partial charge on any atom is 0.189 e. The first-order valence-electron chi connectivity index (χ1n) is 6.97. The highest BCUT2D eigenvalue weighted by Gasteiger charge is 2.06. The van der Waals surface area contributed by atoms with Crippen LogP contribution >= 0.6 is 24.2 Å². The number of thioether (sulfide) groups is 1. The summed E-state index contributed by atoms with van der Waals surface area (Å²) in [6, 6.07) is 18.0. The molecule has 0 saturated heterocycles. The summed E-state index contributed by atoms with van der Waals surface area (Å²) in [4.78, 5) is 13.4. The molecule has 0 radical (unpaired) electrons. The van der Waals surface area contributed by atoms with Gasteiger partial charge in [0.25, 0.3) is 0 Å². The van der Waals surface area contributed by atoms with E-state index in [1.807, 2.05) is 48.7 Å². The van der Waals surface area contributed by atoms with E-state index >= 15 is 0 Å². The fourth-order valence-electron chi connectivity index (χ4n) is 2.05. The van der Waals surface area contributed by atoms with Gasteiger partial charge >= 0.3 is 0 Å². The number of anilines is 1. The third kappa shape index (κ3) is 4.68. The van der Waals surface area contributed by atoms with E-state index in [0.717, 1.165) is 27.9 Å². The van der Waals surface area contributed by atoms with Crippen LogP contribution in [0.5, 0.6) is 0 Å². The molecule has 0 bridgehead atoms. The number of nitrogens with zero attached hydrogens (tertiary/aromatic N) is 3. The van der Waals surface area contributed by atoms with Crippen molar-refractivity contribution in [3.8, 4) is 11.3 Å². The lowest BCUT2D eigenvalue weighted by Gasteiger charge is -2.09. The molecule has 6 heteroatoms. The number of nitrogens with one attached hydrogen (secondary N) is 1. The van der Waals surface area contributed by atoms with Gasteiger partial charge in [-0.3, -0.25) is 4.98 Å². The summed E-state index contributed by atoms with van der Waals surface area (Å²) in [6.07, 6.45) is 3.77. The van der Waals surface area contributed by atoms with Gasteiger partial charge in [-0.2, -0.15) is 0 Å². The van der Waals surface area contributed by atoms with Gasteiger partial charge in [-0.25, -0.2) is 9.97 Å². The van der Waals surface area contributed by atoms with Crippen LogP contribution in [0.15, 0.2) is 66.0 Å². The second kappa shape index (κ2) is 8.50. The van der Waals surface area contributed by atoms with Gasteiger partial charge in [-0.1, -0.05) is 48.2 Å². The molecule has 0 amide bonds. The smallest absolute Gasteiger partial charge is 0.189 e. The van der Waals surface area contributed by atoms with Crippen LogP contribution < -0.4 is 5.32 Å². The highest BCUT2D eigenvalue weighted by atomic mass is 35.5. The van der Waals surface area contributed by atoms with Crippen LogP contribution in [0.2, 0.25) is 0 Å². The minimum absolute atomic E-state index is 0. The molecule has 0 saturated carbocycles. The lowest BCUT2D eigenvalue weighted by atomic mass is 10.1. The zero-order valence-corrected chi connectivity index (χ0v) is 14.3. The highest BCUT2D eigenvalue weighted by Crippen LogP contribution is 2.22. The van der Waals surface area contributed by atoms with Crippen molar-refractivity contribution in [2.45, 2.75) is 11.7 Å². The average Bonchev–Trinajstić information content (AvgIpc) is 2.61. The van der Waals surface area contributed by atoms with Crippen LogP contribution in [0.4, 0.5) is 5.82 Å². The molecule has 0 unspecified atom stereocenters. The predicted molar refractivity (Wildman–Crippen MR) is 98.1 cm³/mol. The van der Waals surface area contributed by atoms with Crippen LogP contribution in [0.1, 0.15) is 5.69 Å². The van der Waals surface area contributed by atoms with Crippen molar-refractivity contribution in [3.63, 3.8) is 0 Å². The van der Waals surface area contributed by atoms with Gasteiger partial charge in [0, 0.05) is 17.8 Å². The SMILES string of the molecule is CSc1nc(NCc2ccccn2)cc(-c2ccccc2)n1.Cl. The molecule has 0 aliphatic rings. The van der Waals surface area contributed by atoms with E-state index < -0.39 is 0 Å². The van der Waals surface area contributed by atoms with Gasteiger partial charge in [0.1, 0.15) is 5.82 Å². The number of aromatic nitrogens is 3. The Balaban J connectivity index is 0.00000192. The van der Waals surface area contributed by atoms with E-state index in [9.17, 15) is 0 Å². The molecule has 0 spiro atoms. The molecule has 23 heavy (non-hydrogen) atoms. The van der Waals surface area contributed by atoms with E-state index in [1.165, 1.54) is 11.8 Å². The number of hydrogen-bond acceptors (Lipinski definition) is 5. The summed E-state index contributed by atoms with van der Waals surface area (Å²) in [5, 5.41) is 4.07. The van der Waals surface area contributed by atoms with Crippen molar-refractivity contribution in [1.82, 2.24) is 15.0 Å². The van der Waals surface area contributed by atoms with Crippen LogP contribution in [0.25, 0.3) is 11.3 Å². The summed E-state index contributed by atoms with van der Waals surface area (Å²) < 4.78 is 0. The zero-order valence-electron chi connectivity index (χ0n) is 12.6. The van der Waals surface area contributed by atoms with Gasteiger partial charge in [-0.15, -0.1) is 12.4 Å². The molecule has 0 aliphatic carbocycles.